The predicted molar refractivity (Wildman–Crippen MR) is 60.6 cm³/mol. The van der Waals surface area contributed by atoms with Crippen molar-refractivity contribution in [2.45, 2.75) is 26.0 Å². The molecule has 1 aliphatic rings. The van der Waals surface area contributed by atoms with Gasteiger partial charge in [-0.15, -0.1) is 0 Å². The van der Waals surface area contributed by atoms with Gasteiger partial charge in [0.25, 0.3) is 0 Å². The Hall–Kier alpha value is -0.610. The van der Waals surface area contributed by atoms with Gasteiger partial charge in [-0.3, -0.25) is 0 Å². The van der Waals surface area contributed by atoms with E-state index in [9.17, 15) is 4.39 Å². The number of hydrogen-bond acceptors (Lipinski definition) is 2. The summed E-state index contributed by atoms with van der Waals surface area (Å²) in [5.41, 5.74) is 1.03. The molecule has 0 fully saturated rings. The largest absolute Gasteiger partial charge is 0.488 e. The molecule has 2 atom stereocenters. The molecule has 0 saturated heterocycles. The third kappa shape index (κ3) is 1.88. The lowest BCUT2D eigenvalue weighted by Crippen LogP contribution is -2.28. The van der Waals surface area contributed by atoms with Crippen molar-refractivity contribution in [1.82, 2.24) is 5.32 Å². The Kier molecular flexibility index (Phi) is 2.98. The van der Waals surface area contributed by atoms with Gasteiger partial charge in [-0.1, -0.05) is 6.92 Å². The summed E-state index contributed by atoms with van der Waals surface area (Å²) in [5.74, 6) is 0.368. The van der Waals surface area contributed by atoms with E-state index in [1.807, 2.05) is 13.8 Å². The first-order valence-electron chi connectivity index (χ1n) is 5.02. The molecule has 2 unspecified atom stereocenters. The molecule has 1 aromatic rings. The molecule has 2 rings (SSSR count). The molecule has 0 saturated carbocycles. The first kappa shape index (κ1) is 10.9. The molecular weight excluding hydrogens is 261 g/mol. The number of nitrogens with one attached hydrogen (secondary N) is 1. The Morgan fingerprint density at radius 2 is 2.27 bits per heavy atom. The smallest absolute Gasteiger partial charge is 0.141 e. The van der Waals surface area contributed by atoms with Gasteiger partial charge >= 0.3 is 0 Å². The average molecular weight is 274 g/mol. The molecule has 0 amide bonds. The number of fused-ring (bicyclic) bond motifs is 1. The number of rotatable bonds is 2. The molecule has 0 aliphatic carbocycles. The van der Waals surface area contributed by atoms with Gasteiger partial charge in [0.15, 0.2) is 0 Å². The van der Waals surface area contributed by atoms with Crippen molar-refractivity contribution in [1.29, 1.82) is 0 Å². The van der Waals surface area contributed by atoms with Crippen LogP contribution in [0.25, 0.3) is 0 Å². The lowest BCUT2D eigenvalue weighted by molar-refractivity contribution is 0.210. The number of halogens is 2. The zero-order valence-electron chi connectivity index (χ0n) is 8.68. The van der Waals surface area contributed by atoms with Gasteiger partial charge in [0.05, 0.1) is 10.5 Å². The van der Waals surface area contributed by atoms with Crippen LogP contribution >= 0.6 is 15.9 Å². The summed E-state index contributed by atoms with van der Waals surface area (Å²) >= 11 is 3.19. The van der Waals surface area contributed by atoms with Gasteiger partial charge in [-0.25, -0.2) is 4.39 Å². The van der Waals surface area contributed by atoms with Gasteiger partial charge in [-0.05, 0) is 35.5 Å². The van der Waals surface area contributed by atoms with Crippen molar-refractivity contribution >= 4 is 15.9 Å². The zero-order valence-corrected chi connectivity index (χ0v) is 10.3. The third-order valence-corrected chi connectivity index (χ3v) is 3.20. The van der Waals surface area contributed by atoms with Crippen LogP contribution in [0.1, 0.15) is 25.5 Å². The summed E-state index contributed by atoms with van der Waals surface area (Å²) in [7, 11) is 0. The highest BCUT2D eigenvalue weighted by Crippen LogP contribution is 2.39. The molecule has 1 aliphatic heterocycles. The summed E-state index contributed by atoms with van der Waals surface area (Å²) < 4.78 is 19.3. The van der Waals surface area contributed by atoms with Gasteiger partial charge < -0.3 is 10.1 Å². The topological polar surface area (TPSA) is 21.3 Å². The normalized spacial score (nSPS) is 23.7. The third-order valence-electron chi connectivity index (χ3n) is 2.59. The highest BCUT2D eigenvalue weighted by molar-refractivity contribution is 9.10. The van der Waals surface area contributed by atoms with Crippen molar-refractivity contribution in [2.75, 3.05) is 6.54 Å². The molecule has 4 heteroatoms. The molecule has 0 bridgehead atoms. The highest BCUT2D eigenvalue weighted by atomic mass is 79.9. The second-order valence-corrected chi connectivity index (χ2v) is 4.52. The van der Waals surface area contributed by atoms with E-state index in [0.717, 1.165) is 12.1 Å². The van der Waals surface area contributed by atoms with Crippen LogP contribution in [0, 0.1) is 5.82 Å². The van der Waals surface area contributed by atoms with E-state index in [1.165, 1.54) is 6.07 Å². The van der Waals surface area contributed by atoms with Crippen LogP contribution in [-0.4, -0.2) is 12.6 Å². The van der Waals surface area contributed by atoms with E-state index < -0.39 is 0 Å². The average Bonchev–Trinajstić information content (AvgIpc) is 2.46. The second-order valence-electron chi connectivity index (χ2n) is 3.66. The van der Waals surface area contributed by atoms with Crippen molar-refractivity contribution in [3.8, 4) is 5.75 Å². The van der Waals surface area contributed by atoms with E-state index >= 15 is 0 Å². The summed E-state index contributed by atoms with van der Waals surface area (Å²) in [6, 6.07) is 3.39. The van der Waals surface area contributed by atoms with E-state index in [4.69, 9.17) is 4.74 Å². The van der Waals surface area contributed by atoms with Crippen molar-refractivity contribution in [3.63, 3.8) is 0 Å². The molecule has 15 heavy (non-hydrogen) atoms. The predicted octanol–water partition coefficient (Wildman–Crippen LogP) is 3.02. The van der Waals surface area contributed by atoms with Gasteiger partial charge in [0, 0.05) is 11.6 Å². The summed E-state index contributed by atoms with van der Waals surface area (Å²) in [4.78, 5) is 0. The molecule has 2 nitrogen and oxygen atoms in total. The van der Waals surface area contributed by atoms with Crippen LogP contribution in [-0.2, 0) is 0 Å². The Labute approximate surface area is 96.9 Å². The Morgan fingerprint density at radius 3 is 2.93 bits per heavy atom. The Balaban J connectivity index is 2.40. The maximum absolute atomic E-state index is 13.3. The second kappa shape index (κ2) is 4.10. The number of likely N-dealkylation sites (N-methyl/N-ethyl adjacent to an activating group) is 1. The molecule has 1 N–H and O–H groups in total. The minimum Gasteiger partial charge on any atom is -0.488 e. The quantitative estimate of drug-likeness (QED) is 0.895. The highest BCUT2D eigenvalue weighted by Gasteiger charge is 2.31. The molecule has 1 aromatic carbocycles. The van der Waals surface area contributed by atoms with Crippen LogP contribution in [0.5, 0.6) is 5.75 Å². The van der Waals surface area contributed by atoms with Gasteiger partial charge in [0.1, 0.15) is 17.7 Å². The fraction of sp³-hybridized carbons (Fsp3) is 0.455. The molecular formula is C11H13BrFNO. The van der Waals surface area contributed by atoms with E-state index in [1.54, 1.807) is 6.07 Å². The van der Waals surface area contributed by atoms with Gasteiger partial charge in [-0.2, -0.15) is 0 Å². The lowest BCUT2D eigenvalue weighted by atomic mass is 10.0. The number of benzene rings is 1. The van der Waals surface area contributed by atoms with E-state index in [2.05, 4.69) is 21.2 Å². The summed E-state index contributed by atoms with van der Waals surface area (Å²) in [6.45, 7) is 4.90. The molecule has 0 radical (unpaired) electrons. The Morgan fingerprint density at radius 1 is 1.53 bits per heavy atom. The SMILES string of the molecule is CCNC1c2cc(Br)c(F)cc2OC1C. The van der Waals surface area contributed by atoms with Crippen molar-refractivity contribution in [3.05, 3.63) is 28.0 Å². The molecule has 0 aromatic heterocycles. The maximum atomic E-state index is 13.3. The van der Waals surface area contributed by atoms with Crippen molar-refractivity contribution in [2.24, 2.45) is 0 Å². The van der Waals surface area contributed by atoms with Gasteiger partial charge in [0.2, 0.25) is 0 Å². The minimum atomic E-state index is -0.280. The zero-order chi connectivity index (χ0) is 11.0. The fourth-order valence-corrected chi connectivity index (χ4v) is 2.27. The standard InChI is InChI=1S/C11H13BrFNO/c1-3-14-11-6(2)15-10-5-9(13)8(12)4-7(10)11/h4-6,11,14H,3H2,1-2H3. The fourth-order valence-electron chi connectivity index (χ4n) is 1.91. The van der Waals surface area contributed by atoms with Crippen LogP contribution in [0.3, 0.4) is 0 Å². The first-order valence-corrected chi connectivity index (χ1v) is 5.81. The van der Waals surface area contributed by atoms with Crippen molar-refractivity contribution < 1.29 is 9.13 Å². The van der Waals surface area contributed by atoms with Crippen LogP contribution < -0.4 is 10.1 Å². The summed E-state index contributed by atoms with van der Waals surface area (Å²) in [5, 5.41) is 3.33. The summed E-state index contributed by atoms with van der Waals surface area (Å²) in [6.07, 6.45) is 0.0497. The monoisotopic (exact) mass is 273 g/mol. The Bertz CT molecular complexity index is 383. The lowest BCUT2D eigenvalue weighted by Gasteiger charge is -2.15. The first-order chi connectivity index (χ1) is 7.13. The van der Waals surface area contributed by atoms with E-state index in [-0.39, 0.29) is 18.0 Å². The van der Waals surface area contributed by atoms with E-state index in [0.29, 0.717) is 10.2 Å². The molecule has 82 valence electrons. The molecule has 1 heterocycles. The van der Waals surface area contributed by atoms with Crippen LogP contribution in [0.15, 0.2) is 16.6 Å². The minimum absolute atomic E-state index is 0.0497. The number of ether oxygens (including phenoxy) is 1. The van der Waals surface area contributed by atoms with Crippen LogP contribution in [0.2, 0.25) is 0 Å². The number of hydrogen-bond donors (Lipinski definition) is 1. The molecule has 0 spiro atoms. The van der Waals surface area contributed by atoms with Crippen LogP contribution in [0.4, 0.5) is 4.39 Å². The maximum Gasteiger partial charge on any atom is 0.141 e.